The first-order valence-electron chi connectivity index (χ1n) is 6.93. The SMILES string of the molecule is Cc1nc([C@H]2COCCN2Cc2cc(C)on2)cc(=O)[nH]1. The summed E-state index contributed by atoms with van der Waals surface area (Å²) < 4.78 is 10.7. The van der Waals surface area contributed by atoms with Crippen LogP contribution in [0.15, 0.2) is 21.5 Å². The molecule has 0 bridgehead atoms. The second kappa shape index (κ2) is 5.79. The van der Waals surface area contributed by atoms with E-state index < -0.39 is 0 Å². The molecule has 0 aliphatic carbocycles. The fraction of sp³-hybridized carbons (Fsp3) is 0.500. The van der Waals surface area contributed by atoms with Crippen LogP contribution < -0.4 is 5.56 Å². The summed E-state index contributed by atoms with van der Waals surface area (Å²) in [6.45, 7) is 6.25. The molecule has 0 unspecified atom stereocenters. The van der Waals surface area contributed by atoms with Crippen molar-refractivity contribution in [1.29, 1.82) is 0 Å². The first-order valence-corrected chi connectivity index (χ1v) is 6.93. The van der Waals surface area contributed by atoms with Crippen molar-refractivity contribution >= 4 is 0 Å². The first-order chi connectivity index (χ1) is 10.1. The molecule has 0 aromatic carbocycles. The Bertz CT molecular complexity index is 679. The van der Waals surface area contributed by atoms with Gasteiger partial charge in [0.25, 0.3) is 5.56 Å². The summed E-state index contributed by atoms with van der Waals surface area (Å²) >= 11 is 0. The van der Waals surface area contributed by atoms with Crippen molar-refractivity contribution in [2.24, 2.45) is 0 Å². The summed E-state index contributed by atoms with van der Waals surface area (Å²) in [5, 5.41) is 4.03. The van der Waals surface area contributed by atoms with E-state index in [1.54, 1.807) is 6.92 Å². The van der Waals surface area contributed by atoms with E-state index in [2.05, 4.69) is 20.0 Å². The van der Waals surface area contributed by atoms with Gasteiger partial charge in [0.2, 0.25) is 0 Å². The highest BCUT2D eigenvalue weighted by Crippen LogP contribution is 2.23. The number of rotatable bonds is 3. The Labute approximate surface area is 121 Å². The zero-order valence-corrected chi connectivity index (χ0v) is 12.1. The number of hydrogen-bond donors (Lipinski definition) is 1. The van der Waals surface area contributed by atoms with Crippen LogP contribution in [0.1, 0.15) is 29.0 Å². The van der Waals surface area contributed by atoms with Gasteiger partial charge in [-0.3, -0.25) is 9.69 Å². The predicted molar refractivity (Wildman–Crippen MR) is 74.8 cm³/mol. The van der Waals surface area contributed by atoms with Gasteiger partial charge < -0.3 is 14.2 Å². The van der Waals surface area contributed by atoms with Crippen molar-refractivity contribution in [1.82, 2.24) is 20.0 Å². The normalized spacial score (nSPS) is 19.8. The lowest BCUT2D eigenvalue weighted by atomic mass is 10.1. The van der Waals surface area contributed by atoms with Gasteiger partial charge in [0, 0.05) is 25.2 Å². The molecule has 1 fully saturated rings. The minimum absolute atomic E-state index is 0.0447. The second-order valence-corrected chi connectivity index (χ2v) is 5.25. The monoisotopic (exact) mass is 290 g/mol. The van der Waals surface area contributed by atoms with Gasteiger partial charge in [-0.1, -0.05) is 5.16 Å². The van der Waals surface area contributed by atoms with Gasteiger partial charge >= 0.3 is 0 Å². The Kier molecular flexibility index (Phi) is 3.85. The second-order valence-electron chi connectivity index (χ2n) is 5.25. The Morgan fingerprint density at radius 2 is 2.29 bits per heavy atom. The summed E-state index contributed by atoms with van der Waals surface area (Å²) in [4.78, 5) is 20.9. The molecule has 0 spiro atoms. The topological polar surface area (TPSA) is 84.2 Å². The number of morpholine rings is 1. The number of aromatic amines is 1. The molecular formula is C14H18N4O3. The fourth-order valence-electron chi connectivity index (χ4n) is 2.57. The average molecular weight is 290 g/mol. The highest BCUT2D eigenvalue weighted by atomic mass is 16.5. The summed E-state index contributed by atoms with van der Waals surface area (Å²) in [5.74, 6) is 1.40. The van der Waals surface area contributed by atoms with E-state index in [-0.39, 0.29) is 11.6 Å². The molecule has 3 rings (SSSR count). The molecular weight excluding hydrogens is 272 g/mol. The highest BCUT2D eigenvalue weighted by Gasteiger charge is 2.27. The van der Waals surface area contributed by atoms with E-state index >= 15 is 0 Å². The van der Waals surface area contributed by atoms with Crippen LogP contribution in [0.2, 0.25) is 0 Å². The molecule has 1 atom stereocenters. The van der Waals surface area contributed by atoms with Gasteiger partial charge in [-0.2, -0.15) is 0 Å². The molecule has 1 saturated heterocycles. The lowest BCUT2D eigenvalue weighted by Crippen LogP contribution is -2.40. The maximum Gasteiger partial charge on any atom is 0.251 e. The molecule has 112 valence electrons. The number of aromatic nitrogens is 3. The standard InChI is InChI=1S/C14H18N4O3/c1-9-5-11(17-21-9)7-18-3-4-20-8-13(18)12-6-14(19)16-10(2)15-12/h5-6,13H,3-4,7-8H2,1-2H3,(H,15,16,19)/t13-/m1/s1. The number of nitrogens with zero attached hydrogens (tertiary/aromatic N) is 3. The van der Waals surface area contributed by atoms with Crippen LogP contribution in [0.25, 0.3) is 0 Å². The van der Waals surface area contributed by atoms with Crippen LogP contribution >= 0.6 is 0 Å². The number of H-pyrrole nitrogens is 1. The van der Waals surface area contributed by atoms with Gasteiger partial charge in [0.1, 0.15) is 11.6 Å². The van der Waals surface area contributed by atoms with Gasteiger partial charge in [0.15, 0.2) is 0 Å². The van der Waals surface area contributed by atoms with Crippen molar-refractivity contribution in [2.75, 3.05) is 19.8 Å². The third-order valence-corrected chi connectivity index (χ3v) is 3.50. The fourth-order valence-corrected chi connectivity index (χ4v) is 2.57. The zero-order chi connectivity index (χ0) is 14.8. The third-order valence-electron chi connectivity index (χ3n) is 3.50. The summed E-state index contributed by atoms with van der Waals surface area (Å²) in [6.07, 6.45) is 0. The quantitative estimate of drug-likeness (QED) is 0.906. The lowest BCUT2D eigenvalue weighted by Gasteiger charge is -2.34. The van der Waals surface area contributed by atoms with Crippen LogP contribution in [-0.4, -0.2) is 39.8 Å². The summed E-state index contributed by atoms with van der Waals surface area (Å²) in [5.41, 5.74) is 1.47. The van der Waals surface area contributed by atoms with Crippen molar-refractivity contribution in [3.63, 3.8) is 0 Å². The predicted octanol–water partition coefficient (Wildman–Crippen LogP) is 0.948. The highest BCUT2D eigenvalue weighted by molar-refractivity contribution is 5.11. The Hall–Kier alpha value is -1.99. The van der Waals surface area contributed by atoms with E-state index in [4.69, 9.17) is 9.26 Å². The van der Waals surface area contributed by atoms with Crippen LogP contribution in [0, 0.1) is 13.8 Å². The molecule has 3 heterocycles. The maximum absolute atomic E-state index is 11.6. The Morgan fingerprint density at radius 3 is 3.00 bits per heavy atom. The number of hydrogen-bond acceptors (Lipinski definition) is 6. The molecule has 2 aromatic rings. The van der Waals surface area contributed by atoms with Crippen molar-refractivity contribution < 1.29 is 9.26 Å². The number of aryl methyl sites for hydroxylation is 2. The van der Waals surface area contributed by atoms with E-state index in [9.17, 15) is 4.79 Å². The van der Waals surface area contributed by atoms with Crippen LogP contribution in [0.3, 0.4) is 0 Å². The number of ether oxygens (including phenoxy) is 1. The van der Waals surface area contributed by atoms with E-state index in [0.717, 1.165) is 23.7 Å². The van der Waals surface area contributed by atoms with Gasteiger partial charge in [-0.05, 0) is 13.8 Å². The largest absolute Gasteiger partial charge is 0.378 e. The van der Waals surface area contributed by atoms with E-state index in [1.165, 1.54) is 6.07 Å². The van der Waals surface area contributed by atoms with Crippen molar-refractivity contribution in [2.45, 2.75) is 26.4 Å². The van der Waals surface area contributed by atoms with Gasteiger partial charge in [-0.15, -0.1) is 0 Å². The molecule has 0 saturated carbocycles. The smallest absolute Gasteiger partial charge is 0.251 e. The van der Waals surface area contributed by atoms with Crippen LogP contribution in [0.4, 0.5) is 0 Å². The maximum atomic E-state index is 11.6. The Balaban J connectivity index is 1.85. The zero-order valence-electron chi connectivity index (χ0n) is 12.1. The molecule has 7 heteroatoms. The summed E-state index contributed by atoms with van der Waals surface area (Å²) in [6, 6.07) is 3.41. The minimum atomic E-state index is -0.139. The van der Waals surface area contributed by atoms with E-state index in [1.807, 2.05) is 13.0 Å². The molecule has 2 aromatic heterocycles. The average Bonchev–Trinajstić information content (AvgIpc) is 2.83. The van der Waals surface area contributed by atoms with Gasteiger partial charge in [0.05, 0.1) is 30.6 Å². The van der Waals surface area contributed by atoms with E-state index in [0.29, 0.717) is 25.6 Å². The van der Waals surface area contributed by atoms with Crippen molar-refractivity contribution in [3.05, 3.63) is 45.5 Å². The molecule has 0 amide bonds. The molecule has 1 aliphatic heterocycles. The third kappa shape index (κ3) is 3.20. The molecule has 0 radical (unpaired) electrons. The minimum Gasteiger partial charge on any atom is -0.378 e. The lowest BCUT2D eigenvalue weighted by molar-refractivity contribution is -0.0152. The Morgan fingerprint density at radius 1 is 1.43 bits per heavy atom. The van der Waals surface area contributed by atoms with Gasteiger partial charge in [-0.25, -0.2) is 4.98 Å². The summed E-state index contributed by atoms with van der Waals surface area (Å²) in [7, 11) is 0. The molecule has 21 heavy (non-hydrogen) atoms. The van der Waals surface area contributed by atoms with Crippen LogP contribution in [0.5, 0.6) is 0 Å². The molecule has 1 N–H and O–H groups in total. The number of nitrogens with one attached hydrogen (secondary N) is 1. The molecule has 7 nitrogen and oxygen atoms in total. The van der Waals surface area contributed by atoms with Crippen molar-refractivity contribution in [3.8, 4) is 0 Å². The van der Waals surface area contributed by atoms with Crippen LogP contribution in [-0.2, 0) is 11.3 Å². The first kappa shape index (κ1) is 14.0. The molecule has 1 aliphatic rings.